The molecule has 0 spiro atoms. The molecule has 0 aliphatic heterocycles. The Balaban J connectivity index is 1.87. The normalized spacial score (nSPS) is 10.7. The van der Waals surface area contributed by atoms with E-state index in [-0.39, 0.29) is 24.7 Å². The molecule has 2 aromatic carbocycles. The SMILES string of the molecule is COC(=O)CNC(=O)CCc1c(-c2ccccc2)[nH]c2ccc(F)cc12. The maximum absolute atomic E-state index is 13.7. The van der Waals surface area contributed by atoms with Crippen LogP contribution in [0.1, 0.15) is 12.0 Å². The zero-order chi connectivity index (χ0) is 18.5. The molecule has 0 bridgehead atoms. The van der Waals surface area contributed by atoms with E-state index in [1.54, 1.807) is 6.07 Å². The number of hydrogen-bond acceptors (Lipinski definition) is 3. The van der Waals surface area contributed by atoms with Gasteiger partial charge in [0.15, 0.2) is 0 Å². The molecule has 0 saturated heterocycles. The van der Waals surface area contributed by atoms with Crippen molar-refractivity contribution in [2.45, 2.75) is 12.8 Å². The summed E-state index contributed by atoms with van der Waals surface area (Å²) < 4.78 is 18.2. The van der Waals surface area contributed by atoms with Gasteiger partial charge in [-0.25, -0.2) is 4.39 Å². The van der Waals surface area contributed by atoms with Gasteiger partial charge in [-0.3, -0.25) is 9.59 Å². The van der Waals surface area contributed by atoms with E-state index in [9.17, 15) is 14.0 Å². The Labute approximate surface area is 150 Å². The number of carbonyl (C=O) groups excluding carboxylic acids is 2. The average Bonchev–Trinajstić information content (AvgIpc) is 3.02. The number of aryl methyl sites for hydroxylation is 1. The number of amides is 1. The van der Waals surface area contributed by atoms with Gasteiger partial charge in [-0.1, -0.05) is 30.3 Å². The maximum atomic E-state index is 13.7. The van der Waals surface area contributed by atoms with Crippen molar-refractivity contribution in [3.05, 3.63) is 59.9 Å². The molecule has 0 atom stereocenters. The van der Waals surface area contributed by atoms with Crippen molar-refractivity contribution >= 4 is 22.8 Å². The van der Waals surface area contributed by atoms with Crippen molar-refractivity contribution in [1.29, 1.82) is 0 Å². The summed E-state index contributed by atoms with van der Waals surface area (Å²) in [6.45, 7) is -0.163. The molecule has 26 heavy (non-hydrogen) atoms. The van der Waals surface area contributed by atoms with Crippen molar-refractivity contribution in [3.8, 4) is 11.3 Å². The van der Waals surface area contributed by atoms with Gasteiger partial charge in [0.25, 0.3) is 0 Å². The topological polar surface area (TPSA) is 71.2 Å². The van der Waals surface area contributed by atoms with Crippen molar-refractivity contribution in [3.63, 3.8) is 0 Å². The molecule has 0 aliphatic rings. The molecule has 1 amide bonds. The van der Waals surface area contributed by atoms with Crippen molar-refractivity contribution in [1.82, 2.24) is 10.3 Å². The Morgan fingerprint density at radius 1 is 1.15 bits per heavy atom. The van der Waals surface area contributed by atoms with E-state index in [0.717, 1.165) is 27.7 Å². The monoisotopic (exact) mass is 354 g/mol. The predicted molar refractivity (Wildman–Crippen MR) is 97.0 cm³/mol. The Bertz CT molecular complexity index is 935. The Kier molecular flexibility index (Phi) is 5.31. The third kappa shape index (κ3) is 3.91. The van der Waals surface area contributed by atoms with E-state index in [2.05, 4.69) is 15.0 Å². The lowest BCUT2D eigenvalue weighted by molar-refractivity contribution is -0.141. The number of ether oxygens (including phenoxy) is 1. The molecule has 134 valence electrons. The highest BCUT2D eigenvalue weighted by molar-refractivity contribution is 5.91. The second-order valence-electron chi connectivity index (χ2n) is 5.89. The average molecular weight is 354 g/mol. The first-order valence-corrected chi connectivity index (χ1v) is 8.27. The van der Waals surface area contributed by atoms with Gasteiger partial charge in [0.2, 0.25) is 5.91 Å². The molecule has 3 rings (SSSR count). The van der Waals surface area contributed by atoms with E-state index in [1.807, 2.05) is 30.3 Å². The molecule has 0 unspecified atom stereocenters. The van der Waals surface area contributed by atoms with Crippen LogP contribution in [0, 0.1) is 5.82 Å². The lowest BCUT2D eigenvalue weighted by Crippen LogP contribution is -2.30. The number of H-pyrrole nitrogens is 1. The molecular weight excluding hydrogens is 335 g/mol. The van der Waals surface area contributed by atoms with Crippen LogP contribution in [0.4, 0.5) is 4.39 Å². The highest BCUT2D eigenvalue weighted by Crippen LogP contribution is 2.31. The summed E-state index contributed by atoms with van der Waals surface area (Å²) >= 11 is 0. The first-order valence-electron chi connectivity index (χ1n) is 8.27. The highest BCUT2D eigenvalue weighted by atomic mass is 19.1. The number of methoxy groups -OCH3 is 1. The predicted octanol–water partition coefficient (Wildman–Crippen LogP) is 3.20. The van der Waals surface area contributed by atoms with Gasteiger partial charge in [-0.15, -0.1) is 0 Å². The van der Waals surface area contributed by atoms with E-state index < -0.39 is 5.97 Å². The lowest BCUT2D eigenvalue weighted by atomic mass is 10.0. The van der Waals surface area contributed by atoms with Gasteiger partial charge in [-0.2, -0.15) is 0 Å². The zero-order valence-corrected chi connectivity index (χ0v) is 14.3. The van der Waals surface area contributed by atoms with E-state index in [4.69, 9.17) is 0 Å². The second-order valence-corrected chi connectivity index (χ2v) is 5.89. The van der Waals surface area contributed by atoms with Gasteiger partial charge >= 0.3 is 5.97 Å². The number of nitrogens with one attached hydrogen (secondary N) is 2. The van der Waals surface area contributed by atoms with Crippen LogP contribution in [0.25, 0.3) is 22.2 Å². The molecule has 1 heterocycles. The van der Waals surface area contributed by atoms with Crippen LogP contribution < -0.4 is 5.32 Å². The fourth-order valence-electron chi connectivity index (χ4n) is 2.90. The third-order valence-corrected chi connectivity index (χ3v) is 4.19. The van der Waals surface area contributed by atoms with Crippen LogP contribution >= 0.6 is 0 Å². The van der Waals surface area contributed by atoms with E-state index in [0.29, 0.717) is 6.42 Å². The van der Waals surface area contributed by atoms with Gasteiger partial charge < -0.3 is 15.0 Å². The fraction of sp³-hybridized carbons (Fsp3) is 0.200. The number of rotatable bonds is 6. The van der Waals surface area contributed by atoms with Crippen LogP contribution in [-0.4, -0.2) is 30.5 Å². The Hall–Kier alpha value is -3.15. The lowest BCUT2D eigenvalue weighted by Gasteiger charge is -2.06. The Morgan fingerprint density at radius 2 is 1.92 bits per heavy atom. The minimum Gasteiger partial charge on any atom is -0.468 e. The number of esters is 1. The first-order chi connectivity index (χ1) is 12.6. The summed E-state index contributed by atoms with van der Waals surface area (Å²) in [5.74, 6) is -1.09. The summed E-state index contributed by atoms with van der Waals surface area (Å²) in [5.41, 5.74) is 3.52. The fourth-order valence-corrected chi connectivity index (χ4v) is 2.90. The molecule has 5 nitrogen and oxygen atoms in total. The number of aromatic amines is 1. The number of halogens is 1. The summed E-state index contributed by atoms with van der Waals surface area (Å²) in [5, 5.41) is 3.27. The standard InChI is InChI=1S/C20H19FN2O3/c1-26-19(25)12-22-18(24)10-8-15-16-11-14(21)7-9-17(16)23-20(15)13-5-3-2-4-6-13/h2-7,9,11,23H,8,10,12H2,1H3,(H,22,24). The summed E-state index contributed by atoms with van der Waals surface area (Å²) in [6, 6.07) is 14.3. The molecule has 6 heteroatoms. The van der Waals surface area contributed by atoms with Crippen molar-refractivity contribution in [2.24, 2.45) is 0 Å². The van der Waals surface area contributed by atoms with E-state index in [1.165, 1.54) is 19.2 Å². The molecular formula is C20H19FN2O3. The molecule has 3 aromatic rings. The van der Waals surface area contributed by atoms with Gasteiger partial charge in [0, 0.05) is 23.0 Å². The molecule has 1 aromatic heterocycles. The number of aromatic nitrogens is 1. The van der Waals surface area contributed by atoms with Gasteiger partial charge in [-0.05, 0) is 35.7 Å². The van der Waals surface area contributed by atoms with Gasteiger partial charge in [0.05, 0.1) is 7.11 Å². The largest absolute Gasteiger partial charge is 0.468 e. The quantitative estimate of drug-likeness (QED) is 0.668. The number of hydrogen-bond donors (Lipinski definition) is 2. The minimum absolute atomic E-state index is 0.163. The second kappa shape index (κ2) is 7.82. The Morgan fingerprint density at radius 3 is 2.65 bits per heavy atom. The molecule has 0 aliphatic carbocycles. The van der Waals surface area contributed by atoms with Crippen LogP contribution in [0.5, 0.6) is 0 Å². The van der Waals surface area contributed by atoms with E-state index >= 15 is 0 Å². The van der Waals surface area contributed by atoms with Crippen LogP contribution in [0.15, 0.2) is 48.5 Å². The maximum Gasteiger partial charge on any atom is 0.325 e. The molecule has 0 radical (unpaired) electrons. The molecule has 0 fully saturated rings. The summed E-state index contributed by atoms with van der Waals surface area (Å²) in [7, 11) is 1.26. The smallest absolute Gasteiger partial charge is 0.325 e. The number of carbonyl (C=O) groups is 2. The molecule has 0 saturated carbocycles. The zero-order valence-electron chi connectivity index (χ0n) is 14.3. The number of fused-ring (bicyclic) bond motifs is 1. The van der Waals surface area contributed by atoms with Crippen LogP contribution in [-0.2, 0) is 20.7 Å². The van der Waals surface area contributed by atoms with Crippen molar-refractivity contribution < 1.29 is 18.7 Å². The first kappa shape index (κ1) is 17.7. The van der Waals surface area contributed by atoms with Crippen LogP contribution in [0.3, 0.4) is 0 Å². The number of benzene rings is 2. The van der Waals surface area contributed by atoms with Gasteiger partial charge in [0.1, 0.15) is 12.4 Å². The highest BCUT2D eigenvalue weighted by Gasteiger charge is 2.15. The third-order valence-electron chi connectivity index (χ3n) is 4.19. The summed E-state index contributed by atoms with van der Waals surface area (Å²) in [4.78, 5) is 26.4. The minimum atomic E-state index is -0.502. The van der Waals surface area contributed by atoms with Crippen molar-refractivity contribution in [2.75, 3.05) is 13.7 Å². The molecule has 2 N–H and O–H groups in total. The van der Waals surface area contributed by atoms with Crippen LogP contribution in [0.2, 0.25) is 0 Å². The summed E-state index contributed by atoms with van der Waals surface area (Å²) in [6.07, 6.45) is 0.598.